The van der Waals surface area contributed by atoms with Crippen LogP contribution >= 0.6 is 11.6 Å². The van der Waals surface area contributed by atoms with Crippen LogP contribution in [-0.2, 0) is 16.9 Å². The summed E-state index contributed by atoms with van der Waals surface area (Å²) in [6.07, 6.45) is 5.42. The molecule has 0 aliphatic carbocycles. The third-order valence-corrected chi connectivity index (χ3v) is 6.63. The lowest BCUT2D eigenvalue weighted by molar-refractivity contribution is 0.415. The number of rotatable bonds is 5. The molecular weight excluding hydrogens is 396 g/mol. The zero-order valence-electron chi connectivity index (χ0n) is 16.0. The van der Waals surface area contributed by atoms with Crippen molar-refractivity contribution in [1.29, 1.82) is 0 Å². The number of imidazole rings is 1. The first-order valence-electron chi connectivity index (χ1n) is 9.38. The van der Waals surface area contributed by atoms with Gasteiger partial charge in [0.1, 0.15) is 11.4 Å². The number of H-pyrrole nitrogens is 1. The number of halogens is 1. The van der Waals surface area contributed by atoms with E-state index in [-0.39, 0.29) is 5.75 Å². The number of hydrogen-bond acceptors (Lipinski definition) is 5. The van der Waals surface area contributed by atoms with E-state index >= 15 is 0 Å². The standard InChI is InChI=1S/C20H23ClN4O2S/c1-13-11-22-17(18(21)19(13)25-8-4-3-5-9-25)12-28(26)20-23-15-7-6-14(27-2)10-16(15)24-20/h6-7,10-11H,3-5,8-9,12H2,1-2H3,(H,23,24). The number of hydrogen-bond donors (Lipinski definition) is 1. The zero-order valence-corrected chi connectivity index (χ0v) is 17.6. The Morgan fingerprint density at radius 2 is 2.07 bits per heavy atom. The molecule has 1 aromatic carbocycles. The fourth-order valence-corrected chi connectivity index (χ4v) is 5.09. The van der Waals surface area contributed by atoms with E-state index in [2.05, 4.69) is 19.9 Å². The van der Waals surface area contributed by atoms with Gasteiger partial charge in [0.05, 0.1) is 28.9 Å². The van der Waals surface area contributed by atoms with Crippen molar-refractivity contribution in [2.45, 2.75) is 37.1 Å². The normalized spacial score (nSPS) is 15.8. The summed E-state index contributed by atoms with van der Waals surface area (Å²) in [5.74, 6) is 0.933. The average molecular weight is 419 g/mol. The highest BCUT2D eigenvalue weighted by atomic mass is 35.5. The molecule has 4 rings (SSSR count). The maximum atomic E-state index is 12.9. The second kappa shape index (κ2) is 8.19. The van der Waals surface area contributed by atoms with Crippen LogP contribution in [0.3, 0.4) is 0 Å². The fourth-order valence-electron chi connectivity index (χ4n) is 3.60. The molecule has 1 atom stereocenters. The van der Waals surface area contributed by atoms with Gasteiger partial charge in [-0.1, -0.05) is 11.6 Å². The SMILES string of the molecule is COc1ccc2[nH]c([S+]([O-])Cc3ncc(C)c(N4CCCCC4)c3Cl)nc2c1. The highest BCUT2D eigenvalue weighted by Gasteiger charge is 2.24. The molecule has 3 aromatic rings. The molecule has 2 aromatic heterocycles. The number of nitrogens with zero attached hydrogens (tertiary/aromatic N) is 3. The van der Waals surface area contributed by atoms with E-state index in [1.165, 1.54) is 19.3 Å². The van der Waals surface area contributed by atoms with Crippen molar-refractivity contribution in [2.75, 3.05) is 25.1 Å². The number of methoxy groups -OCH3 is 1. The Morgan fingerprint density at radius 1 is 1.29 bits per heavy atom. The Balaban J connectivity index is 1.60. The van der Waals surface area contributed by atoms with Crippen LogP contribution in [0.5, 0.6) is 5.75 Å². The number of ether oxygens (including phenoxy) is 1. The molecule has 6 nitrogen and oxygen atoms in total. The van der Waals surface area contributed by atoms with Gasteiger partial charge in [-0.2, -0.15) is 4.98 Å². The summed E-state index contributed by atoms with van der Waals surface area (Å²) >= 11 is 5.33. The van der Waals surface area contributed by atoms with E-state index in [0.29, 0.717) is 21.6 Å². The van der Waals surface area contributed by atoms with Gasteiger partial charge in [-0.25, -0.2) is 0 Å². The van der Waals surface area contributed by atoms with Gasteiger partial charge < -0.3 is 14.2 Å². The maximum Gasteiger partial charge on any atom is 0.322 e. The number of aryl methyl sites for hydroxylation is 1. The highest BCUT2D eigenvalue weighted by molar-refractivity contribution is 7.90. The second-order valence-electron chi connectivity index (χ2n) is 7.01. The van der Waals surface area contributed by atoms with Crippen LogP contribution in [-0.4, -0.2) is 39.7 Å². The first-order valence-corrected chi connectivity index (χ1v) is 11.1. The Morgan fingerprint density at radius 3 is 2.82 bits per heavy atom. The molecule has 148 valence electrons. The van der Waals surface area contributed by atoms with Gasteiger partial charge >= 0.3 is 5.16 Å². The summed E-state index contributed by atoms with van der Waals surface area (Å²) in [7, 11) is 1.61. The summed E-state index contributed by atoms with van der Waals surface area (Å²) < 4.78 is 18.2. The quantitative estimate of drug-likeness (QED) is 0.627. The molecular formula is C20H23ClN4O2S. The van der Waals surface area contributed by atoms with Crippen LogP contribution in [0.1, 0.15) is 30.5 Å². The summed E-state index contributed by atoms with van der Waals surface area (Å²) in [6.45, 7) is 4.02. The number of pyridine rings is 1. The smallest absolute Gasteiger partial charge is 0.322 e. The number of benzene rings is 1. The van der Waals surface area contributed by atoms with E-state index in [1.807, 2.05) is 31.3 Å². The van der Waals surface area contributed by atoms with E-state index < -0.39 is 11.2 Å². The Hall–Kier alpha value is -1.96. The molecule has 0 amide bonds. The number of aromatic amines is 1. The van der Waals surface area contributed by atoms with Crippen molar-refractivity contribution in [2.24, 2.45) is 0 Å². The molecule has 1 saturated heterocycles. The molecule has 1 aliphatic heterocycles. The minimum absolute atomic E-state index is 0.219. The molecule has 1 unspecified atom stereocenters. The zero-order chi connectivity index (χ0) is 19.7. The molecule has 1 N–H and O–H groups in total. The van der Waals surface area contributed by atoms with Crippen molar-refractivity contribution in [3.63, 3.8) is 0 Å². The largest absolute Gasteiger partial charge is 0.609 e. The molecule has 0 bridgehead atoms. The van der Waals surface area contributed by atoms with E-state index in [1.54, 1.807) is 7.11 Å². The first-order chi connectivity index (χ1) is 13.6. The molecule has 28 heavy (non-hydrogen) atoms. The van der Waals surface area contributed by atoms with Crippen molar-refractivity contribution in [3.05, 3.63) is 40.7 Å². The van der Waals surface area contributed by atoms with Crippen LogP contribution in [0.25, 0.3) is 11.0 Å². The van der Waals surface area contributed by atoms with Gasteiger partial charge in [0.2, 0.25) is 0 Å². The van der Waals surface area contributed by atoms with E-state index in [9.17, 15) is 4.55 Å². The summed E-state index contributed by atoms with van der Waals surface area (Å²) in [5, 5.41) is 1.02. The predicted molar refractivity (Wildman–Crippen MR) is 113 cm³/mol. The first kappa shape index (κ1) is 19.4. The lowest BCUT2D eigenvalue weighted by Crippen LogP contribution is -2.30. The number of aromatic nitrogens is 3. The number of fused-ring (bicyclic) bond motifs is 1. The number of piperidine rings is 1. The summed E-state index contributed by atoms with van der Waals surface area (Å²) in [4.78, 5) is 14.4. The van der Waals surface area contributed by atoms with Crippen LogP contribution in [0.2, 0.25) is 5.02 Å². The molecule has 0 spiro atoms. The lowest BCUT2D eigenvalue weighted by Gasteiger charge is -2.31. The Labute approximate surface area is 172 Å². The molecule has 0 radical (unpaired) electrons. The molecule has 1 aliphatic rings. The predicted octanol–water partition coefficient (Wildman–Crippen LogP) is 4.23. The van der Waals surface area contributed by atoms with Crippen molar-refractivity contribution < 1.29 is 9.29 Å². The van der Waals surface area contributed by atoms with Gasteiger partial charge in [0.15, 0.2) is 5.75 Å². The van der Waals surface area contributed by atoms with E-state index in [0.717, 1.165) is 35.4 Å². The summed E-state index contributed by atoms with van der Waals surface area (Å²) in [5.41, 5.74) is 4.26. The maximum absolute atomic E-state index is 12.9. The lowest BCUT2D eigenvalue weighted by atomic mass is 10.1. The second-order valence-corrected chi connectivity index (χ2v) is 8.76. The highest BCUT2D eigenvalue weighted by Crippen LogP contribution is 2.34. The third-order valence-electron chi connectivity index (χ3n) is 5.07. The molecule has 1 fully saturated rings. The molecule has 8 heteroatoms. The van der Waals surface area contributed by atoms with Crippen molar-refractivity contribution in [3.8, 4) is 5.75 Å². The Kier molecular flexibility index (Phi) is 5.66. The Bertz CT molecular complexity index is 988. The minimum Gasteiger partial charge on any atom is -0.609 e. The van der Waals surface area contributed by atoms with Crippen molar-refractivity contribution >= 4 is 39.5 Å². The fraction of sp³-hybridized carbons (Fsp3) is 0.400. The van der Waals surface area contributed by atoms with Crippen LogP contribution in [0.4, 0.5) is 5.69 Å². The van der Waals surface area contributed by atoms with Crippen LogP contribution < -0.4 is 9.64 Å². The molecule has 0 saturated carbocycles. The van der Waals surface area contributed by atoms with Gasteiger partial charge in [-0.15, -0.1) is 0 Å². The van der Waals surface area contributed by atoms with Crippen LogP contribution in [0.15, 0.2) is 29.6 Å². The van der Waals surface area contributed by atoms with Gasteiger partial charge in [0.25, 0.3) is 0 Å². The number of nitrogens with one attached hydrogen (secondary N) is 1. The van der Waals surface area contributed by atoms with Gasteiger partial charge in [0, 0.05) is 36.5 Å². The topological polar surface area (TPSA) is 77.1 Å². The monoisotopic (exact) mass is 418 g/mol. The van der Waals surface area contributed by atoms with Crippen LogP contribution in [0, 0.1) is 6.92 Å². The van der Waals surface area contributed by atoms with Crippen molar-refractivity contribution in [1.82, 2.24) is 15.0 Å². The third kappa shape index (κ3) is 3.79. The van der Waals surface area contributed by atoms with Gasteiger partial charge in [-0.05, 0) is 43.9 Å². The minimum atomic E-state index is -1.38. The van der Waals surface area contributed by atoms with E-state index in [4.69, 9.17) is 16.3 Å². The van der Waals surface area contributed by atoms with Gasteiger partial charge in [-0.3, -0.25) is 9.97 Å². The average Bonchev–Trinajstić information content (AvgIpc) is 3.14. The number of anilines is 1. The summed E-state index contributed by atoms with van der Waals surface area (Å²) in [6, 6.07) is 5.53. The molecule has 3 heterocycles.